The summed E-state index contributed by atoms with van der Waals surface area (Å²) in [4.78, 5) is 21.2. The zero-order valence-corrected chi connectivity index (χ0v) is 20.4. The van der Waals surface area contributed by atoms with Crippen LogP contribution in [0.25, 0.3) is 11.1 Å². The molecule has 0 aliphatic rings. The van der Waals surface area contributed by atoms with Crippen molar-refractivity contribution in [3.8, 4) is 16.9 Å². The number of allylic oxidation sites excluding steroid dienone is 1. The van der Waals surface area contributed by atoms with Gasteiger partial charge in [0, 0.05) is 29.3 Å². The van der Waals surface area contributed by atoms with E-state index < -0.39 is 42.6 Å². The highest BCUT2D eigenvalue weighted by Crippen LogP contribution is 2.39. The Morgan fingerprint density at radius 2 is 1.94 bits per heavy atom. The minimum Gasteiger partial charge on any atom is -0.485 e. The first-order valence-electron chi connectivity index (χ1n) is 10.1. The molecular weight excluding hydrogens is 520 g/mol. The van der Waals surface area contributed by atoms with Crippen molar-refractivity contribution in [3.05, 3.63) is 58.3 Å². The van der Waals surface area contributed by atoms with Crippen molar-refractivity contribution in [3.63, 3.8) is 0 Å². The Bertz CT molecular complexity index is 1080. The molecule has 192 valence electrons. The first kappa shape index (κ1) is 28.4. The number of alkyl halides is 4. The van der Waals surface area contributed by atoms with Gasteiger partial charge in [0.25, 0.3) is 6.43 Å². The molecule has 1 aromatic carbocycles. The van der Waals surface area contributed by atoms with E-state index in [1.807, 2.05) is 0 Å². The van der Waals surface area contributed by atoms with Gasteiger partial charge in [-0.2, -0.15) is 13.8 Å². The number of ether oxygens (including phenoxy) is 1. The SMILES string of the molecule is C=C(ON(CC)C(=O)NC(C)c1ncc(-c2cc(Cl)cc(Cl)c2OCC(F)F)cc1F)C(C)(F)F. The average Bonchev–Trinajstić information content (AvgIpc) is 2.74. The number of urea groups is 1. The predicted molar refractivity (Wildman–Crippen MR) is 121 cm³/mol. The first-order valence-corrected chi connectivity index (χ1v) is 10.9. The van der Waals surface area contributed by atoms with Gasteiger partial charge in [-0.05, 0) is 32.0 Å². The fourth-order valence-corrected chi connectivity index (χ4v) is 3.32. The number of nitrogens with zero attached hydrogens (tertiary/aromatic N) is 2. The number of carbonyl (C=O) groups is 1. The van der Waals surface area contributed by atoms with Crippen molar-refractivity contribution >= 4 is 29.2 Å². The molecule has 6 nitrogen and oxygen atoms in total. The van der Waals surface area contributed by atoms with Crippen LogP contribution in [-0.4, -0.2) is 41.6 Å². The van der Waals surface area contributed by atoms with E-state index >= 15 is 0 Å². The Hall–Kier alpha value is -2.79. The van der Waals surface area contributed by atoms with Crippen LogP contribution in [0.2, 0.25) is 10.0 Å². The minimum absolute atomic E-state index is 0.0582. The summed E-state index contributed by atoms with van der Waals surface area (Å²) in [5, 5.41) is 3.08. The van der Waals surface area contributed by atoms with Crippen LogP contribution in [0.3, 0.4) is 0 Å². The lowest BCUT2D eigenvalue weighted by Crippen LogP contribution is -2.42. The molecule has 0 aliphatic heterocycles. The van der Waals surface area contributed by atoms with Gasteiger partial charge in [-0.15, -0.1) is 0 Å². The number of rotatable bonds is 10. The topological polar surface area (TPSA) is 63.7 Å². The van der Waals surface area contributed by atoms with E-state index in [9.17, 15) is 26.7 Å². The Morgan fingerprint density at radius 3 is 2.49 bits per heavy atom. The summed E-state index contributed by atoms with van der Waals surface area (Å²) in [5.41, 5.74) is 0.0572. The van der Waals surface area contributed by atoms with Crippen LogP contribution >= 0.6 is 23.2 Å². The van der Waals surface area contributed by atoms with Crippen molar-refractivity contribution in [2.45, 2.75) is 39.2 Å². The molecule has 13 heteroatoms. The largest absolute Gasteiger partial charge is 0.485 e. The predicted octanol–water partition coefficient (Wildman–Crippen LogP) is 7.03. The van der Waals surface area contributed by atoms with Crippen LogP contribution in [0.5, 0.6) is 5.75 Å². The number of benzene rings is 1. The van der Waals surface area contributed by atoms with Crippen LogP contribution in [0.1, 0.15) is 32.5 Å². The van der Waals surface area contributed by atoms with Crippen LogP contribution in [0.4, 0.5) is 26.7 Å². The number of hydrogen-bond donors (Lipinski definition) is 1. The van der Waals surface area contributed by atoms with Gasteiger partial charge >= 0.3 is 12.0 Å². The van der Waals surface area contributed by atoms with Crippen LogP contribution in [0, 0.1) is 5.82 Å². The molecule has 0 saturated heterocycles. The van der Waals surface area contributed by atoms with Crippen molar-refractivity contribution in [2.75, 3.05) is 13.2 Å². The second-order valence-electron chi connectivity index (χ2n) is 7.33. The van der Waals surface area contributed by atoms with Crippen molar-refractivity contribution in [2.24, 2.45) is 0 Å². The van der Waals surface area contributed by atoms with Gasteiger partial charge in [-0.1, -0.05) is 29.8 Å². The highest BCUT2D eigenvalue weighted by molar-refractivity contribution is 6.36. The van der Waals surface area contributed by atoms with E-state index in [0.717, 1.165) is 6.07 Å². The molecule has 1 aromatic heterocycles. The van der Waals surface area contributed by atoms with E-state index in [0.29, 0.717) is 12.0 Å². The molecule has 2 rings (SSSR count). The van der Waals surface area contributed by atoms with Crippen molar-refractivity contribution in [1.82, 2.24) is 15.4 Å². The second-order valence-corrected chi connectivity index (χ2v) is 8.17. The molecule has 1 atom stereocenters. The summed E-state index contributed by atoms with van der Waals surface area (Å²) in [6.07, 6.45) is -1.56. The van der Waals surface area contributed by atoms with Crippen LogP contribution in [-0.2, 0) is 4.84 Å². The quantitative estimate of drug-likeness (QED) is 0.199. The van der Waals surface area contributed by atoms with Gasteiger partial charge in [0.2, 0.25) is 0 Å². The highest BCUT2D eigenvalue weighted by Gasteiger charge is 2.31. The monoisotopic (exact) mass is 541 g/mol. The molecule has 1 unspecified atom stereocenters. The molecule has 2 aromatic rings. The number of hydrogen-bond acceptors (Lipinski definition) is 4. The third-order valence-corrected chi connectivity index (χ3v) is 5.02. The van der Waals surface area contributed by atoms with Crippen LogP contribution < -0.4 is 10.1 Å². The van der Waals surface area contributed by atoms with E-state index in [4.69, 9.17) is 32.8 Å². The Kier molecular flexibility index (Phi) is 9.56. The van der Waals surface area contributed by atoms with Gasteiger partial charge in [-0.3, -0.25) is 4.98 Å². The second kappa shape index (κ2) is 11.8. The molecule has 1 N–H and O–H groups in total. The summed E-state index contributed by atoms with van der Waals surface area (Å²) in [6, 6.07) is 1.73. The third-order valence-electron chi connectivity index (χ3n) is 4.52. The third kappa shape index (κ3) is 7.60. The Balaban J connectivity index is 2.26. The lowest BCUT2D eigenvalue weighted by Gasteiger charge is -2.26. The summed E-state index contributed by atoms with van der Waals surface area (Å²) >= 11 is 12.1. The molecule has 1 heterocycles. The fraction of sp³-hybridized carbons (Fsp3) is 0.364. The van der Waals surface area contributed by atoms with E-state index in [-0.39, 0.29) is 39.2 Å². The maximum Gasteiger partial charge on any atom is 0.351 e. The zero-order valence-electron chi connectivity index (χ0n) is 18.9. The molecule has 35 heavy (non-hydrogen) atoms. The first-order chi connectivity index (χ1) is 16.2. The molecular formula is C22H22Cl2F5N3O3. The van der Waals surface area contributed by atoms with E-state index in [1.54, 1.807) is 0 Å². The number of aromatic nitrogens is 1. The van der Waals surface area contributed by atoms with Gasteiger partial charge in [0.1, 0.15) is 18.2 Å². The van der Waals surface area contributed by atoms with E-state index in [1.165, 1.54) is 32.2 Å². The molecule has 0 bridgehead atoms. The maximum absolute atomic E-state index is 14.9. The smallest absolute Gasteiger partial charge is 0.351 e. The minimum atomic E-state index is -3.38. The molecule has 0 aliphatic carbocycles. The van der Waals surface area contributed by atoms with Gasteiger partial charge < -0.3 is 14.9 Å². The van der Waals surface area contributed by atoms with Crippen LogP contribution in [0.15, 0.2) is 36.7 Å². The highest BCUT2D eigenvalue weighted by atomic mass is 35.5. The van der Waals surface area contributed by atoms with Gasteiger partial charge in [0.15, 0.2) is 5.76 Å². The van der Waals surface area contributed by atoms with Gasteiger partial charge in [-0.25, -0.2) is 18.0 Å². The normalized spacial score (nSPS) is 12.3. The zero-order chi connectivity index (χ0) is 26.5. The number of pyridine rings is 1. The van der Waals surface area contributed by atoms with E-state index in [2.05, 4.69) is 16.9 Å². The summed E-state index contributed by atoms with van der Waals surface area (Å²) in [7, 11) is 0. The molecule has 0 radical (unpaired) electrons. The maximum atomic E-state index is 14.9. The van der Waals surface area contributed by atoms with Gasteiger partial charge in [0.05, 0.1) is 23.3 Å². The number of amides is 2. The summed E-state index contributed by atoms with van der Waals surface area (Å²) < 4.78 is 71.9. The van der Waals surface area contributed by atoms with Crippen molar-refractivity contribution in [1.29, 1.82) is 0 Å². The number of carbonyl (C=O) groups excluding carboxylic acids is 1. The number of halogens is 7. The van der Waals surface area contributed by atoms with Crippen molar-refractivity contribution < 1.29 is 36.3 Å². The fourth-order valence-electron chi connectivity index (χ4n) is 2.77. The molecule has 0 spiro atoms. The summed E-state index contributed by atoms with van der Waals surface area (Å²) in [5.74, 6) is -5.32. The summed E-state index contributed by atoms with van der Waals surface area (Å²) in [6.45, 7) is 5.48. The number of nitrogens with one attached hydrogen (secondary N) is 1. The average molecular weight is 542 g/mol. The molecule has 2 amide bonds. The Morgan fingerprint density at radius 1 is 1.29 bits per heavy atom. The standard InChI is InChI=1S/C22H22Cl2F5N3O3/c1-5-32(35-12(3)22(4,28)29)21(33)31-11(2)19-17(25)6-13(9-30-19)15-7-14(23)8-16(24)20(15)34-10-18(26)27/h6-9,11,18H,3,5,10H2,1-2,4H3,(H,31,33). The Labute approximate surface area is 208 Å². The lowest BCUT2D eigenvalue weighted by atomic mass is 10.0. The lowest BCUT2D eigenvalue weighted by molar-refractivity contribution is -0.123. The molecule has 0 fully saturated rings. The molecule has 0 saturated carbocycles. The number of hydroxylamine groups is 2.